The molecule has 2 aromatic rings. The number of nitrogens with zero attached hydrogens (tertiary/aromatic N) is 4. The van der Waals surface area contributed by atoms with E-state index in [1.165, 1.54) is 32.1 Å². The third-order valence-electron chi connectivity index (χ3n) is 9.75. The number of hydrogen-bond donors (Lipinski definition) is 2. The van der Waals surface area contributed by atoms with Crippen molar-refractivity contribution >= 4 is 29.3 Å². The van der Waals surface area contributed by atoms with Crippen LogP contribution in [0.3, 0.4) is 0 Å². The Hall–Kier alpha value is -3.53. The highest BCUT2D eigenvalue weighted by molar-refractivity contribution is 6.25. The van der Waals surface area contributed by atoms with Gasteiger partial charge in [0.05, 0.1) is 23.4 Å². The van der Waals surface area contributed by atoms with Crippen molar-refractivity contribution in [3.63, 3.8) is 0 Å². The molecule has 2 aliphatic carbocycles. The van der Waals surface area contributed by atoms with Crippen molar-refractivity contribution in [1.82, 2.24) is 24.9 Å². The lowest BCUT2D eigenvalue weighted by atomic mass is 9.53. The molecule has 1 aromatic carbocycles. The van der Waals surface area contributed by atoms with Crippen molar-refractivity contribution in [3.05, 3.63) is 47.3 Å². The van der Waals surface area contributed by atoms with Crippen LogP contribution in [-0.2, 0) is 16.1 Å². The van der Waals surface area contributed by atoms with Gasteiger partial charge in [0.25, 0.3) is 11.8 Å². The monoisotopic (exact) mass is 530 g/mol. The summed E-state index contributed by atoms with van der Waals surface area (Å²) in [7, 11) is 0. The predicted molar refractivity (Wildman–Crippen MR) is 142 cm³/mol. The number of likely N-dealkylation sites (tertiary alicyclic amines) is 1. The van der Waals surface area contributed by atoms with Gasteiger partial charge in [0.2, 0.25) is 11.8 Å². The van der Waals surface area contributed by atoms with E-state index in [2.05, 4.69) is 31.5 Å². The van der Waals surface area contributed by atoms with Crippen LogP contribution < -0.4 is 10.6 Å². The Kier molecular flexibility index (Phi) is 5.84. The minimum Gasteiger partial charge on any atom is -0.380 e. The minimum atomic E-state index is -0.976. The standard InChI is InChI=1S/C29H34N6O4/c36-24-6-5-23(26(37)32-24)35-27(38)21-3-1-4-22(25(21)28(35)39)30-15-18-16-31-34(17-18)19-7-11-33(12-8-19)20-13-29(14-20)9-2-10-29/h1,3-4,16-17,19-20,23,30H,2,5-15H2,(H,32,36,37). The van der Waals surface area contributed by atoms with Crippen LogP contribution in [0.4, 0.5) is 5.69 Å². The second-order valence-electron chi connectivity index (χ2n) is 12.0. The van der Waals surface area contributed by atoms with Crippen molar-refractivity contribution in [3.8, 4) is 0 Å². The number of anilines is 1. The topological polar surface area (TPSA) is 117 Å². The molecular formula is C29H34N6O4. The zero-order valence-corrected chi connectivity index (χ0v) is 22.0. The number of fused-ring (bicyclic) bond motifs is 1. The summed E-state index contributed by atoms with van der Waals surface area (Å²) in [5.41, 5.74) is 2.80. The van der Waals surface area contributed by atoms with Crippen molar-refractivity contribution in [2.45, 2.75) is 82.5 Å². The summed E-state index contributed by atoms with van der Waals surface area (Å²) in [5.74, 6) is -2.01. The molecule has 1 spiro atoms. The molecule has 0 radical (unpaired) electrons. The molecule has 5 aliphatic rings. The molecule has 4 fully saturated rings. The molecule has 4 amide bonds. The van der Waals surface area contributed by atoms with E-state index in [4.69, 9.17) is 0 Å². The van der Waals surface area contributed by atoms with Gasteiger partial charge in [-0.05, 0) is 62.5 Å². The Morgan fingerprint density at radius 1 is 1.00 bits per heavy atom. The lowest BCUT2D eigenvalue weighted by Gasteiger charge is -2.58. The first-order valence-corrected chi connectivity index (χ1v) is 14.3. The van der Waals surface area contributed by atoms with Gasteiger partial charge in [-0.2, -0.15) is 5.10 Å². The Labute approximate surface area is 227 Å². The number of carbonyl (C=O) groups is 4. The third kappa shape index (κ3) is 4.16. The van der Waals surface area contributed by atoms with Crippen LogP contribution in [0.5, 0.6) is 0 Å². The molecule has 1 aromatic heterocycles. The quantitative estimate of drug-likeness (QED) is 0.552. The molecule has 2 saturated carbocycles. The van der Waals surface area contributed by atoms with Gasteiger partial charge in [-0.15, -0.1) is 0 Å². The summed E-state index contributed by atoms with van der Waals surface area (Å²) in [6, 6.07) is 5.31. The second-order valence-corrected chi connectivity index (χ2v) is 12.0. The SMILES string of the molecule is O=C1CCC(N2C(=O)c3cccc(NCc4cnn(C5CCN(C6CC7(CCC7)C6)CC5)c4)c3C2=O)C(=O)N1. The van der Waals surface area contributed by atoms with Gasteiger partial charge in [0.1, 0.15) is 6.04 Å². The van der Waals surface area contributed by atoms with Gasteiger partial charge >= 0.3 is 0 Å². The fourth-order valence-electron chi connectivity index (χ4n) is 7.33. The number of nitrogens with one attached hydrogen (secondary N) is 2. The van der Waals surface area contributed by atoms with E-state index in [0.29, 0.717) is 23.7 Å². The first kappa shape index (κ1) is 24.5. The number of imide groups is 2. The number of benzene rings is 1. The molecule has 2 N–H and O–H groups in total. The summed E-state index contributed by atoms with van der Waals surface area (Å²) in [6.07, 6.45) is 13.5. The number of amides is 4. The van der Waals surface area contributed by atoms with Gasteiger partial charge in [-0.1, -0.05) is 12.5 Å². The first-order chi connectivity index (χ1) is 18.9. The number of hydrogen-bond acceptors (Lipinski definition) is 7. The van der Waals surface area contributed by atoms with Crippen LogP contribution in [-0.4, -0.2) is 68.4 Å². The Bertz CT molecular complexity index is 1350. The van der Waals surface area contributed by atoms with Crippen molar-refractivity contribution in [1.29, 1.82) is 0 Å². The average Bonchev–Trinajstić information content (AvgIpc) is 3.45. The van der Waals surface area contributed by atoms with Crippen molar-refractivity contribution < 1.29 is 19.2 Å². The first-order valence-electron chi connectivity index (χ1n) is 14.3. The molecule has 2 saturated heterocycles. The predicted octanol–water partition coefficient (Wildman–Crippen LogP) is 2.87. The molecule has 1 atom stereocenters. The molecule has 1 unspecified atom stereocenters. The van der Waals surface area contributed by atoms with E-state index in [1.807, 2.05) is 6.20 Å². The van der Waals surface area contributed by atoms with Crippen LogP contribution in [0, 0.1) is 5.41 Å². The number of rotatable bonds is 6. The largest absolute Gasteiger partial charge is 0.380 e. The van der Waals surface area contributed by atoms with Crippen LogP contribution in [0.1, 0.15) is 90.1 Å². The second kappa shape index (κ2) is 9.29. The van der Waals surface area contributed by atoms with Crippen LogP contribution in [0.2, 0.25) is 0 Å². The summed E-state index contributed by atoms with van der Waals surface area (Å²) in [5, 5.41) is 10.2. The summed E-state index contributed by atoms with van der Waals surface area (Å²) < 4.78 is 2.08. The zero-order valence-electron chi connectivity index (χ0n) is 22.0. The summed E-state index contributed by atoms with van der Waals surface area (Å²) in [4.78, 5) is 54.0. The lowest BCUT2D eigenvalue weighted by Crippen LogP contribution is -2.55. The molecule has 4 heterocycles. The van der Waals surface area contributed by atoms with Gasteiger partial charge in [0, 0.05) is 49.5 Å². The molecule has 10 nitrogen and oxygen atoms in total. The molecule has 10 heteroatoms. The maximum atomic E-state index is 13.3. The Morgan fingerprint density at radius 3 is 2.51 bits per heavy atom. The summed E-state index contributed by atoms with van der Waals surface area (Å²) >= 11 is 0. The van der Waals surface area contributed by atoms with Gasteiger partial charge in [-0.25, -0.2) is 0 Å². The van der Waals surface area contributed by atoms with E-state index in [-0.39, 0.29) is 29.9 Å². The van der Waals surface area contributed by atoms with E-state index < -0.39 is 23.8 Å². The normalized spacial score (nSPS) is 25.4. The molecule has 204 valence electrons. The summed E-state index contributed by atoms with van der Waals surface area (Å²) in [6.45, 7) is 2.73. The molecule has 7 rings (SSSR count). The smallest absolute Gasteiger partial charge is 0.264 e. The fraction of sp³-hybridized carbons (Fsp3) is 0.552. The highest BCUT2D eigenvalue weighted by atomic mass is 16.2. The fourth-order valence-corrected chi connectivity index (χ4v) is 7.33. The van der Waals surface area contributed by atoms with Crippen LogP contribution in [0.25, 0.3) is 0 Å². The number of aromatic nitrogens is 2. The van der Waals surface area contributed by atoms with Gasteiger partial charge in [0.15, 0.2) is 0 Å². The average molecular weight is 531 g/mol. The maximum absolute atomic E-state index is 13.3. The Morgan fingerprint density at radius 2 is 1.79 bits per heavy atom. The molecular weight excluding hydrogens is 496 g/mol. The molecule has 0 bridgehead atoms. The van der Waals surface area contributed by atoms with Crippen LogP contribution in [0.15, 0.2) is 30.6 Å². The number of piperidine rings is 2. The number of carbonyl (C=O) groups excluding carboxylic acids is 4. The lowest BCUT2D eigenvalue weighted by molar-refractivity contribution is -0.136. The third-order valence-corrected chi connectivity index (χ3v) is 9.75. The molecule has 39 heavy (non-hydrogen) atoms. The van der Waals surface area contributed by atoms with Gasteiger partial charge in [-0.3, -0.25) is 34.1 Å². The Balaban J connectivity index is 0.975. The van der Waals surface area contributed by atoms with E-state index in [0.717, 1.165) is 42.4 Å². The highest BCUT2D eigenvalue weighted by Gasteiger charge is 2.50. The maximum Gasteiger partial charge on any atom is 0.264 e. The van der Waals surface area contributed by atoms with Crippen molar-refractivity contribution in [2.75, 3.05) is 18.4 Å². The highest BCUT2D eigenvalue weighted by Crippen LogP contribution is 2.57. The van der Waals surface area contributed by atoms with Crippen molar-refractivity contribution in [2.24, 2.45) is 5.41 Å². The minimum absolute atomic E-state index is 0.0964. The van der Waals surface area contributed by atoms with E-state index >= 15 is 0 Å². The van der Waals surface area contributed by atoms with E-state index in [1.54, 1.807) is 18.2 Å². The van der Waals surface area contributed by atoms with E-state index in [9.17, 15) is 19.2 Å². The molecule has 3 aliphatic heterocycles. The zero-order chi connectivity index (χ0) is 26.7. The van der Waals surface area contributed by atoms with Gasteiger partial charge < -0.3 is 10.2 Å². The van der Waals surface area contributed by atoms with Crippen LogP contribution >= 0.6 is 0 Å².